The van der Waals surface area contributed by atoms with Gasteiger partial charge in [0.1, 0.15) is 11.5 Å². The summed E-state index contributed by atoms with van der Waals surface area (Å²) < 4.78 is 3.98. The molecule has 0 aromatic carbocycles. The van der Waals surface area contributed by atoms with E-state index in [0.29, 0.717) is 5.69 Å². The molecule has 1 amide bonds. The minimum Gasteiger partial charge on any atom is -0.347 e. The van der Waals surface area contributed by atoms with E-state index >= 15 is 0 Å². The molecule has 0 fully saturated rings. The van der Waals surface area contributed by atoms with Crippen LogP contribution in [0.3, 0.4) is 0 Å². The standard InChI is InChI=1S/C15H21N5O/c1-11(16-15(21)12-7-6-9-19(12)2)14-18-17-13-8-4-3-5-10-20(13)14/h6-7,9,11H,3-5,8,10H2,1-2H3,(H,16,21)/t11-/m1/s1. The van der Waals surface area contributed by atoms with E-state index in [0.717, 1.165) is 31.0 Å². The van der Waals surface area contributed by atoms with Crippen molar-refractivity contribution in [2.45, 2.75) is 45.2 Å². The summed E-state index contributed by atoms with van der Waals surface area (Å²) in [5.41, 5.74) is 0.650. The van der Waals surface area contributed by atoms with Crippen LogP contribution in [-0.2, 0) is 20.0 Å². The Morgan fingerprint density at radius 3 is 2.95 bits per heavy atom. The second kappa shape index (κ2) is 5.71. The van der Waals surface area contributed by atoms with Crippen LogP contribution in [0.4, 0.5) is 0 Å². The molecule has 0 aliphatic carbocycles. The molecule has 1 atom stereocenters. The van der Waals surface area contributed by atoms with Gasteiger partial charge in [-0.1, -0.05) is 6.42 Å². The summed E-state index contributed by atoms with van der Waals surface area (Å²) in [6.45, 7) is 2.91. The molecule has 1 aliphatic rings. The van der Waals surface area contributed by atoms with E-state index in [1.807, 2.05) is 36.9 Å². The lowest BCUT2D eigenvalue weighted by Crippen LogP contribution is -2.30. The van der Waals surface area contributed by atoms with Crippen molar-refractivity contribution in [3.63, 3.8) is 0 Å². The van der Waals surface area contributed by atoms with E-state index in [-0.39, 0.29) is 11.9 Å². The van der Waals surface area contributed by atoms with Crippen LogP contribution in [-0.4, -0.2) is 25.2 Å². The fourth-order valence-electron chi connectivity index (χ4n) is 2.86. The van der Waals surface area contributed by atoms with Crippen molar-refractivity contribution >= 4 is 5.91 Å². The molecule has 112 valence electrons. The zero-order valence-electron chi connectivity index (χ0n) is 12.5. The van der Waals surface area contributed by atoms with E-state index in [1.54, 1.807) is 0 Å². The predicted molar refractivity (Wildman–Crippen MR) is 78.9 cm³/mol. The number of rotatable bonds is 3. The van der Waals surface area contributed by atoms with Crippen LogP contribution in [0.2, 0.25) is 0 Å². The number of amides is 1. The van der Waals surface area contributed by atoms with Crippen molar-refractivity contribution in [1.82, 2.24) is 24.6 Å². The van der Waals surface area contributed by atoms with Crippen LogP contribution in [0.1, 0.15) is 54.4 Å². The van der Waals surface area contributed by atoms with Gasteiger partial charge in [-0.3, -0.25) is 4.79 Å². The molecule has 6 nitrogen and oxygen atoms in total. The van der Waals surface area contributed by atoms with Gasteiger partial charge in [0, 0.05) is 26.2 Å². The largest absolute Gasteiger partial charge is 0.347 e. The van der Waals surface area contributed by atoms with E-state index < -0.39 is 0 Å². The van der Waals surface area contributed by atoms with Crippen LogP contribution in [0.5, 0.6) is 0 Å². The number of hydrogen-bond acceptors (Lipinski definition) is 3. The summed E-state index contributed by atoms with van der Waals surface area (Å²) in [6, 6.07) is 3.53. The smallest absolute Gasteiger partial charge is 0.268 e. The molecule has 6 heteroatoms. The number of carbonyl (C=O) groups is 1. The van der Waals surface area contributed by atoms with Gasteiger partial charge in [-0.2, -0.15) is 0 Å². The number of aromatic nitrogens is 4. The van der Waals surface area contributed by atoms with Crippen molar-refractivity contribution in [1.29, 1.82) is 0 Å². The van der Waals surface area contributed by atoms with Crippen LogP contribution in [0.15, 0.2) is 18.3 Å². The Hall–Kier alpha value is -2.11. The first-order valence-electron chi connectivity index (χ1n) is 7.51. The van der Waals surface area contributed by atoms with Gasteiger partial charge in [-0.15, -0.1) is 10.2 Å². The van der Waals surface area contributed by atoms with Gasteiger partial charge in [-0.05, 0) is 31.9 Å². The van der Waals surface area contributed by atoms with Gasteiger partial charge in [-0.25, -0.2) is 0 Å². The summed E-state index contributed by atoms with van der Waals surface area (Å²) in [5, 5.41) is 11.6. The molecule has 2 aromatic rings. The molecule has 21 heavy (non-hydrogen) atoms. The SMILES string of the molecule is C[C@@H](NC(=O)c1cccn1C)c1nnc2n1CCCCC2. The first-order chi connectivity index (χ1) is 10.2. The van der Waals surface area contributed by atoms with E-state index in [4.69, 9.17) is 0 Å². The fraction of sp³-hybridized carbons (Fsp3) is 0.533. The molecule has 0 unspecified atom stereocenters. The Bertz CT molecular complexity index is 642. The third-order valence-electron chi connectivity index (χ3n) is 4.05. The Balaban J connectivity index is 1.77. The molecule has 1 aliphatic heterocycles. The van der Waals surface area contributed by atoms with Gasteiger partial charge in [0.15, 0.2) is 5.82 Å². The second-order valence-electron chi connectivity index (χ2n) is 5.64. The van der Waals surface area contributed by atoms with E-state index in [9.17, 15) is 4.79 Å². The van der Waals surface area contributed by atoms with Crippen molar-refractivity contribution in [2.75, 3.05) is 0 Å². The minimum atomic E-state index is -0.147. The van der Waals surface area contributed by atoms with Gasteiger partial charge in [0.2, 0.25) is 0 Å². The predicted octanol–water partition coefficient (Wildman–Crippen LogP) is 1.83. The van der Waals surface area contributed by atoms with Gasteiger partial charge in [0.25, 0.3) is 5.91 Å². The van der Waals surface area contributed by atoms with Crippen molar-refractivity contribution in [2.24, 2.45) is 7.05 Å². The van der Waals surface area contributed by atoms with Crippen LogP contribution in [0, 0.1) is 0 Å². The van der Waals surface area contributed by atoms with E-state index in [2.05, 4.69) is 20.1 Å². The van der Waals surface area contributed by atoms with Crippen LogP contribution >= 0.6 is 0 Å². The molecule has 0 saturated carbocycles. The lowest BCUT2D eigenvalue weighted by atomic mass is 10.2. The number of hydrogen-bond donors (Lipinski definition) is 1. The molecular weight excluding hydrogens is 266 g/mol. The molecular formula is C15H21N5O. The van der Waals surface area contributed by atoms with Gasteiger partial charge in [0.05, 0.1) is 6.04 Å². The maximum atomic E-state index is 12.3. The third kappa shape index (κ3) is 2.70. The first kappa shape index (κ1) is 13.9. The summed E-state index contributed by atoms with van der Waals surface area (Å²) in [6.07, 6.45) is 6.39. The zero-order valence-corrected chi connectivity index (χ0v) is 12.5. The number of fused-ring (bicyclic) bond motifs is 1. The molecule has 2 aromatic heterocycles. The highest BCUT2D eigenvalue weighted by molar-refractivity contribution is 5.92. The quantitative estimate of drug-likeness (QED) is 0.936. The highest BCUT2D eigenvalue weighted by Crippen LogP contribution is 2.18. The Labute approximate surface area is 124 Å². The highest BCUT2D eigenvalue weighted by Gasteiger charge is 2.21. The highest BCUT2D eigenvalue weighted by atomic mass is 16.2. The topological polar surface area (TPSA) is 64.7 Å². The summed E-state index contributed by atoms with van der Waals surface area (Å²) in [4.78, 5) is 12.3. The van der Waals surface area contributed by atoms with Crippen molar-refractivity contribution in [3.8, 4) is 0 Å². The maximum absolute atomic E-state index is 12.3. The van der Waals surface area contributed by atoms with Crippen molar-refractivity contribution < 1.29 is 4.79 Å². The molecule has 1 N–H and O–H groups in total. The van der Waals surface area contributed by atoms with Crippen LogP contribution in [0.25, 0.3) is 0 Å². The lowest BCUT2D eigenvalue weighted by molar-refractivity contribution is 0.0929. The summed E-state index contributed by atoms with van der Waals surface area (Å²) >= 11 is 0. The molecule has 3 heterocycles. The summed E-state index contributed by atoms with van der Waals surface area (Å²) in [7, 11) is 1.86. The second-order valence-corrected chi connectivity index (χ2v) is 5.64. The summed E-state index contributed by atoms with van der Waals surface area (Å²) in [5.74, 6) is 1.82. The monoisotopic (exact) mass is 287 g/mol. The average molecular weight is 287 g/mol. The molecule has 0 saturated heterocycles. The van der Waals surface area contributed by atoms with Crippen molar-refractivity contribution in [3.05, 3.63) is 35.7 Å². The number of carbonyl (C=O) groups excluding carboxylic acids is 1. The number of nitrogens with zero attached hydrogens (tertiary/aromatic N) is 4. The average Bonchev–Trinajstić information content (AvgIpc) is 2.99. The van der Waals surface area contributed by atoms with Crippen LogP contribution < -0.4 is 5.32 Å². The molecule has 3 rings (SSSR count). The Morgan fingerprint density at radius 1 is 1.33 bits per heavy atom. The Kier molecular flexibility index (Phi) is 3.77. The lowest BCUT2D eigenvalue weighted by Gasteiger charge is -2.15. The Morgan fingerprint density at radius 2 is 2.19 bits per heavy atom. The zero-order chi connectivity index (χ0) is 14.8. The number of aryl methyl sites for hydroxylation is 2. The maximum Gasteiger partial charge on any atom is 0.268 e. The molecule has 0 radical (unpaired) electrons. The van der Waals surface area contributed by atoms with Gasteiger partial charge < -0.3 is 14.5 Å². The van der Waals surface area contributed by atoms with Gasteiger partial charge >= 0.3 is 0 Å². The fourth-order valence-corrected chi connectivity index (χ4v) is 2.86. The molecule has 0 bridgehead atoms. The number of nitrogens with one attached hydrogen (secondary N) is 1. The third-order valence-corrected chi connectivity index (χ3v) is 4.05. The molecule has 0 spiro atoms. The normalized spacial score (nSPS) is 16.1. The minimum absolute atomic E-state index is 0.0824. The van der Waals surface area contributed by atoms with E-state index in [1.165, 1.54) is 12.8 Å². The first-order valence-corrected chi connectivity index (χ1v) is 7.51.